The van der Waals surface area contributed by atoms with Crippen LogP contribution in [0.3, 0.4) is 0 Å². The van der Waals surface area contributed by atoms with Gasteiger partial charge in [-0.25, -0.2) is 9.97 Å². The lowest BCUT2D eigenvalue weighted by Gasteiger charge is -2.19. The Balaban J connectivity index is 2.13. The number of nitrogens with zero attached hydrogens (tertiary/aromatic N) is 2. The van der Waals surface area contributed by atoms with Crippen LogP contribution in [0.15, 0.2) is 6.07 Å². The first kappa shape index (κ1) is 12.1. The molecule has 2 rings (SSSR count). The molecule has 1 heterocycles. The molecule has 1 aliphatic rings. The van der Waals surface area contributed by atoms with E-state index in [1.165, 1.54) is 44.9 Å². The number of hydrogen-bond donors (Lipinski definition) is 0. The quantitative estimate of drug-likeness (QED) is 0.543. The Kier molecular flexibility index (Phi) is 4.42. The summed E-state index contributed by atoms with van der Waals surface area (Å²) in [4.78, 5) is 8.19. The molecular weight excluding hydrogens is 243 g/mol. The minimum Gasteiger partial charge on any atom is -0.223 e. The normalized spacial score (nSPS) is 19.1. The van der Waals surface area contributed by atoms with Gasteiger partial charge in [0.25, 0.3) is 0 Å². The van der Waals surface area contributed by atoms with Gasteiger partial charge >= 0.3 is 0 Å². The van der Waals surface area contributed by atoms with E-state index in [1.54, 1.807) is 0 Å². The highest BCUT2D eigenvalue weighted by Gasteiger charge is 2.16. The summed E-state index contributed by atoms with van der Waals surface area (Å²) >= 11 is 11.7. The second-order valence-electron chi connectivity index (χ2n) is 4.43. The number of hydrogen-bond acceptors (Lipinski definition) is 2. The SMILES string of the molecule is Clc1cc(C2CCCCCCC2)nc(Cl)n1. The molecule has 1 aromatic heterocycles. The molecular formula is C12H16Cl2N2. The van der Waals surface area contributed by atoms with Crippen molar-refractivity contribution in [3.8, 4) is 0 Å². The lowest BCUT2D eigenvalue weighted by molar-refractivity contribution is 0.449. The molecule has 1 aliphatic carbocycles. The van der Waals surface area contributed by atoms with Crippen molar-refractivity contribution in [2.24, 2.45) is 0 Å². The maximum Gasteiger partial charge on any atom is 0.224 e. The van der Waals surface area contributed by atoms with Gasteiger partial charge in [-0.05, 0) is 30.5 Å². The van der Waals surface area contributed by atoms with Gasteiger partial charge in [-0.3, -0.25) is 0 Å². The predicted octanol–water partition coefficient (Wildman–Crippen LogP) is 4.61. The standard InChI is InChI=1S/C12H16Cl2N2/c13-11-8-10(15-12(14)16-11)9-6-4-2-1-3-5-7-9/h8-9H,1-7H2. The van der Waals surface area contributed by atoms with Crippen LogP contribution in [0.1, 0.15) is 56.6 Å². The van der Waals surface area contributed by atoms with Crippen LogP contribution in [-0.4, -0.2) is 9.97 Å². The molecule has 4 heteroatoms. The Morgan fingerprint density at radius 2 is 1.56 bits per heavy atom. The Morgan fingerprint density at radius 1 is 0.938 bits per heavy atom. The molecule has 0 amide bonds. The molecule has 0 saturated heterocycles. The summed E-state index contributed by atoms with van der Waals surface area (Å²) < 4.78 is 0. The zero-order chi connectivity index (χ0) is 11.4. The maximum atomic E-state index is 5.91. The fraction of sp³-hybridized carbons (Fsp3) is 0.667. The van der Waals surface area contributed by atoms with E-state index < -0.39 is 0 Å². The summed E-state index contributed by atoms with van der Waals surface area (Å²) in [5, 5.41) is 0.724. The molecule has 0 aromatic carbocycles. The van der Waals surface area contributed by atoms with Gasteiger partial charge < -0.3 is 0 Å². The average molecular weight is 259 g/mol. The second kappa shape index (κ2) is 5.83. The molecule has 0 bridgehead atoms. The van der Waals surface area contributed by atoms with E-state index in [-0.39, 0.29) is 5.28 Å². The van der Waals surface area contributed by atoms with E-state index in [9.17, 15) is 0 Å². The van der Waals surface area contributed by atoms with Crippen LogP contribution in [0.25, 0.3) is 0 Å². The summed E-state index contributed by atoms with van der Waals surface area (Å²) in [5.74, 6) is 0.512. The monoisotopic (exact) mass is 258 g/mol. The summed E-state index contributed by atoms with van der Waals surface area (Å²) in [6.07, 6.45) is 9.01. The fourth-order valence-electron chi connectivity index (χ4n) is 2.37. The summed E-state index contributed by atoms with van der Waals surface area (Å²) in [5.41, 5.74) is 1.02. The van der Waals surface area contributed by atoms with Gasteiger partial charge in [-0.1, -0.05) is 43.7 Å². The highest BCUT2D eigenvalue weighted by atomic mass is 35.5. The molecule has 0 radical (unpaired) electrons. The van der Waals surface area contributed by atoms with Crippen LogP contribution in [-0.2, 0) is 0 Å². The highest BCUT2D eigenvalue weighted by molar-refractivity contribution is 6.31. The van der Waals surface area contributed by atoms with Crippen LogP contribution in [0.2, 0.25) is 10.4 Å². The Bertz CT molecular complexity index is 327. The van der Waals surface area contributed by atoms with Gasteiger partial charge in [-0.2, -0.15) is 0 Å². The molecule has 0 aliphatic heterocycles. The Hall–Kier alpha value is -0.340. The van der Waals surface area contributed by atoms with Crippen molar-refractivity contribution in [1.29, 1.82) is 0 Å². The molecule has 16 heavy (non-hydrogen) atoms. The molecule has 0 atom stereocenters. The van der Waals surface area contributed by atoms with Gasteiger partial charge in [0, 0.05) is 11.6 Å². The topological polar surface area (TPSA) is 25.8 Å². The number of aromatic nitrogens is 2. The molecule has 1 aromatic rings. The summed E-state index contributed by atoms with van der Waals surface area (Å²) in [6, 6.07) is 1.86. The molecule has 88 valence electrons. The van der Waals surface area contributed by atoms with Gasteiger partial charge in [0.2, 0.25) is 5.28 Å². The molecule has 1 fully saturated rings. The largest absolute Gasteiger partial charge is 0.224 e. The van der Waals surface area contributed by atoms with Crippen LogP contribution < -0.4 is 0 Å². The van der Waals surface area contributed by atoms with Crippen molar-refractivity contribution < 1.29 is 0 Å². The zero-order valence-electron chi connectivity index (χ0n) is 9.25. The second-order valence-corrected chi connectivity index (χ2v) is 5.15. The first-order valence-electron chi connectivity index (χ1n) is 5.95. The van der Waals surface area contributed by atoms with E-state index in [2.05, 4.69) is 9.97 Å². The fourth-order valence-corrected chi connectivity index (χ4v) is 2.79. The number of halogens is 2. The van der Waals surface area contributed by atoms with E-state index >= 15 is 0 Å². The van der Waals surface area contributed by atoms with Crippen molar-refractivity contribution in [1.82, 2.24) is 9.97 Å². The van der Waals surface area contributed by atoms with Crippen LogP contribution in [0, 0.1) is 0 Å². The lowest BCUT2D eigenvalue weighted by atomic mass is 9.89. The maximum absolute atomic E-state index is 5.91. The van der Waals surface area contributed by atoms with Gasteiger partial charge in [0.05, 0.1) is 0 Å². The predicted molar refractivity (Wildman–Crippen MR) is 67.1 cm³/mol. The molecule has 0 spiro atoms. The van der Waals surface area contributed by atoms with E-state index in [0.29, 0.717) is 11.1 Å². The van der Waals surface area contributed by atoms with Crippen LogP contribution in [0.4, 0.5) is 0 Å². The third-order valence-electron chi connectivity index (χ3n) is 3.21. The van der Waals surface area contributed by atoms with Gasteiger partial charge in [0.15, 0.2) is 0 Å². The van der Waals surface area contributed by atoms with Crippen molar-refractivity contribution in [3.63, 3.8) is 0 Å². The van der Waals surface area contributed by atoms with Gasteiger partial charge in [0.1, 0.15) is 5.15 Å². The van der Waals surface area contributed by atoms with E-state index in [1.807, 2.05) is 6.07 Å². The van der Waals surface area contributed by atoms with Gasteiger partial charge in [-0.15, -0.1) is 0 Å². The zero-order valence-corrected chi connectivity index (χ0v) is 10.8. The lowest BCUT2D eigenvalue weighted by Crippen LogP contribution is -2.05. The third-order valence-corrected chi connectivity index (χ3v) is 3.57. The molecule has 2 nitrogen and oxygen atoms in total. The van der Waals surface area contributed by atoms with E-state index in [4.69, 9.17) is 23.2 Å². The minimum atomic E-state index is 0.268. The Morgan fingerprint density at radius 3 is 2.19 bits per heavy atom. The first-order valence-corrected chi connectivity index (χ1v) is 6.71. The number of rotatable bonds is 1. The summed E-state index contributed by atoms with van der Waals surface area (Å²) in [7, 11) is 0. The van der Waals surface area contributed by atoms with Crippen LogP contribution >= 0.6 is 23.2 Å². The van der Waals surface area contributed by atoms with Crippen LogP contribution in [0.5, 0.6) is 0 Å². The smallest absolute Gasteiger partial charge is 0.223 e. The first-order chi connectivity index (χ1) is 7.75. The van der Waals surface area contributed by atoms with Crippen molar-refractivity contribution in [2.45, 2.75) is 50.9 Å². The average Bonchev–Trinajstić information content (AvgIpc) is 2.14. The summed E-state index contributed by atoms with van der Waals surface area (Å²) in [6.45, 7) is 0. The molecule has 0 N–H and O–H groups in total. The highest BCUT2D eigenvalue weighted by Crippen LogP contribution is 2.31. The third kappa shape index (κ3) is 3.33. The van der Waals surface area contributed by atoms with E-state index in [0.717, 1.165) is 5.69 Å². The van der Waals surface area contributed by atoms with Crippen molar-refractivity contribution in [3.05, 3.63) is 22.2 Å². The Labute approximate surface area is 106 Å². The van der Waals surface area contributed by atoms with Crippen molar-refractivity contribution in [2.75, 3.05) is 0 Å². The van der Waals surface area contributed by atoms with Crippen molar-refractivity contribution >= 4 is 23.2 Å². The molecule has 1 saturated carbocycles. The molecule has 0 unspecified atom stereocenters. The minimum absolute atomic E-state index is 0.268.